The molecule has 0 radical (unpaired) electrons. The maximum Gasteiger partial charge on any atom is 0.0436 e. The molecule has 0 atom stereocenters. The SMILES string of the molecule is Cc1ccc(N2Cc3ccccc3C2)cc1N. The molecule has 0 aliphatic carbocycles. The van der Waals surface area contributed by atoms with Gasteiger partial charge in [-0.05, 0) is 35.7 Å². The molecule has 0 unspecified atom stereocenters. The van der Waals surface area contributed by atoms with Crippen molar-refractivity contribution in [2.24, 2.45) is 0 Å². The van der Waals surface area contributed by atoms with Gasteiger partial charge in [0.25, 0.3) is 0 Å². The van der Waals surface area contributed by atoms with Crippen molar-refractivity contribution in [2.75, 3.05) is 10.6 Å². The minimum absolute atomic E-state index is 0.874. The Morgan fingerprint density at radius 1 is 1.00 bits per heavy atom. The molecule has 2 aromatic rings. The van der Waals surface area contributed by atoms with Crippen LogP contribution in [0.3, 0.4) is 0 Å². The second kappa shape index (κ2) is 3.81. The highest BCUT2D eigenvalue weighted by molar-refractivity contribution is 5.61. The van der Waals surface area contributed by atoms with Crippen molar-refractivity contribution < 1.29 is 0 Å². The maximum atomic E-state index is 5.97. The first-order chi connectivity index (χ1) is 8.24. The number of aryl methyl sites for hydroxylation is 1. The molecule has 0 saturated heterocycles. The van der Waals surface area contributed by atoms with Gasteiger partial charge in [-0.2, -0.15) is 0 Å². The van der Waals surface area contributed by atoms with Crippen molar-refractivity contribution in [2.45, 2.75) is 20.0 Å². The number of hydrogen-bond acceptors (Lipinski definition) is 2. The first-order valence-electron chi connectivity index (χ1n) is 5.92. The predicted octanol–water partition coefficient (Wildman–Crippen LogP) is 3.10. The molecule has 0 spiro atoms. The van der Waals surface area contributed by atoms with Gasteiger partial charge >= 0.3 is 0 Å². The summed E-state index contributed by atoms with van der Waals surface area (Å²) in [4.78, 5) is 2.36. The van der Waals surface area contributed by atoms with Crippen LogP contribution in [0, 0.1) is 6.92 Å². The second-order valence-electron chi connectivity index (χ2n) is 4.67. The molecular weight excluding hydrogens is 208 g/mol. The number of benzene rings is 2. The summed E-state index contributed by atoms with van der Waals surface area (Å²) in [5.74, 6) is 0. The molecule has 0 fully saturated rings. The van der Waals surface area contributed by atoms with Gasteiger partial charge in [0.1, 0.15) is 0 Å². The van der Waals surface area contributed by atoms with Crippen LogP contribution in [0.4, 0.5) is 11.4 Å². The third kappa shape index (κ3) is 1.76. The maximum absolute atomic E-state index is 5.97. The lowest BCUT2D eigenvalue weighted by molar-refractivity contribution is 0.880. The van der Waals surface area contributed by atoms with E-state index < -0.39 is 0 Å². The number of nitrogens with two attached hydrogens (primary N) is 1. The summed E-state index contributed by atoms with van der Waals surface area (Å²) in [5.41, 5.74) is 12.0. The summed E-state index contributed by atoms with van der Waals surface area (Å²) in [7, 11) is 0. The zero-order valence-electron chi connectivity index (χ0n) is 9.98. The average molecular weight is 224 g/mol. The average Bonchev–Trinajstić information content (AvgIpc) is 2.76. The molecule has 1 heterocycles. The number of hydrogen-bond donors (Lipinski definition) is 1. The number of nitrogen functional groups attached to an aromatic ring is 1. The van der Waals surface area contributed by atoms with E-state index in [9.17, 15) is 0 Å². The van der Waals surface area contributed by atoms with E-state index in [2.05, 4.69) is 47.4 Å². The standard InChI is InChI=1S/C15H16N2/c1-11-6-7-14(8-15(11)16)17-9-12-4-2-3-5-13(12)10-17/h2-8H,9-10,16H2,1H3. The number of fused-ring (bicyclic) bond motifs is 1. The lowest BCUT2D eigenvalue weighted by Crippen LogP contribution is -2.14. The predicted molar refractivity (Wildman–Crippen MR) is 71.9 cm³/mol. The molecule has 0 bridgehead atoms. The highest BCUT2D eigenvalue weighted by Crippen LogP contribution is 2.29. The van der Waals surface area contributed by atoms with Crippen molar-refractivity contribution in [1.82, 2.24) is 0 Å². The van der Waals surface area contributed by atoms with Crippen molar-refractivity contribution in [3.05, 3.63) is 59.2 Å². The largest absolute Gasteiger partial charge is 0.398 e. The molecule has 0 saturated carbocycles. The van der Waals surface area contributed by atoms with E-state index in [1.54, 1.807) is 0 Å². The van der Waals surface area contributed by atoms with Gasteiger partial charge in [0, 0.05) is 24.5 Å². The van der Waals surface area contributed by atoms with Crippen LogP contribution in [0.2, 0.25) is 0 Å². The molecule has 2 heteroatoms. The Morgan fingerprint density at radius 3 is 2.24 bits per heavy atom. The molecule has 1 aliphatic heterocycles. The molecule has 1 aliphatic rings. The Bertz CT molecular complexity index is 536. The van der Waals surface area contributed by atoms with E-state index in [0.29, 0.717) is 0 Å². The van der Waals surface area contributed by atoms with Crippen LogP contribution in [0.25, 0.3) is 0 Å². The van der Waals surface area contributed by atoms with Gasteiger partial charge in [0.2, 0.25) is 0 Å². The molecule has 86 valence electrons. The summed E-state index contributed by atoms with van der Waals surface area (Å²) >= 11 is 0. The summed E-state index contributed by atoms with van der Waals surface area (Å²) in [5, 5.41) is 0. The van der Waals surface area contributed by atoms with Crippen molar-refractivity contribution in [1.29, 1.82) is 0 Å². The quantitative estimate of drug-likeness (QED) is 0.754. The Morgan fingerprint density at radius 2 is 1.65 bits per heavy atom. The Hall–Kier alpha value is -1.96. The molecule has 3 rings (SSSR count). The van der Waals surface area contributed by atoms with Crippen LogP contribution in [-0.2, 0) is 13.1 Å². The van der Waals surface area contributed by atoms with Crippen LogP contribution in [0.5, 0.6) is 0 Å². The highest BCUT2D eigenvalue weighted by Gasteiger charge is 2.18. The minimum Gasteiger partial charge on any atom is -0.398 e. The summed E-state index contributed by atoms with van der Waals surface area (Å²) in [6.45, 7) is 4.01. The fraction of sp³-hybridized carbons (Fsp3) is 0.200. The number of anilines is 2. The first kappa shape index (κ1) is 10.2. The topological polar surface area (TPSA) is 29.3 Å². The van der Waals surface area contributed by atoms with Crippen LogP contribution in [0.1, 0.15) is 16.7 Å². The van der Waals surface area contributed by atoms with Crippen LogP contribution in [-0.4, -0.2) is 0 Å². The Kier molecular flexibility index (Phi) is 2.29. The third-order valence-electron chi connectivity index (χ3n) is 3.47. The summed E-state index contributed by atoms with van der Waals surface area (Å²) in [6.07, 6.45) is 0. The lowest BCUT2D eigenvalue weighted by Gasteiger charge is -2.18. The molecule has 17 heavy (non-hydrogen) atoms. The van der Waals surface area contributed by atoms with Crippen molar-refractivity contribution in [3.8, 4) is 0 Å². The second-order valence-corrected chi connectivity index (χ2v) is 4.67. The van der Waals surface area contributed by atoms with E-state index in [1.807, 2.05) is 6.92 Å². The fourth-order valence-electron chi connectivity index (χ4n) is 2.34. The van der Waals surface area contributed by atoms with Gasteiger partial charge < -0.3 is 10.6 Å². The van der Waals surface area contributed by atoms with Crippen LogP contribution in [0.15, 0.2) is 42.5 Å². The minimum atomic E-state index is 0.874. The van der Waals surface area contributed by atoms with E-state index in [-0.39, 0.29) is 0 Å². The van der Waals surface area contributed by atoms with Gasteiger partial charge in [-0.15, -0.1) is 0 Å². The zero-order valence-corrected chi connectivity index (χ0v) is 9.98. The zero-order chi connectivity index (χ0) is 11.8. The van der Waals surface area contributed by atoms with E-state index in [1.165, 1.54) is 16.8 Å². The van der Waals surface area contributed by atoms with E-state index >= 15 is 0 Å². The highest BCUT2D eigenvalue weighted by atomic mass is 15.1. The monoisotopic (exact) mass is 224 g/mol. The Labute approximate surface area is 102 Å². The molecule has 0 amide bonds. The molecule has 2 aromatic carbocycles. The van der Waals surface area contributed by atoms with Gasteiger partial charge in [0.15, 0.2) is 0 Å². The lowest BCUT2D eigenvalue weighted by atomic mass is 10.1. The van der Waals surface area contributed by atoms with Gasteiger partial charge in [-0.3, -0.25) is 0 Å². The Balaban J connectivity index is 1.91. The van der Waals surface area contributed by atoms with Crippen LogP contribution >= 0.6 is 0 Å². The fourth-order valence-corrected chi connectivity index (χ4v) is 2.34. The number of nitrogens with zero attached hydrogens (tertiary/aromatic N) is 1. The van der Waals surface area contributed by atoms with Crippen molar-refractivity contribution in [3.63, 3.8) is 0 Å². The summed E-state index contributed by atoms with van der Waals surface area (Å²) < 4.78 is 0. The summed E-state index contributed by atoms with van der Waals surface area (Å²) in [6, 6.07) is 14.9. The smallest absolute Gasteiger partial charge is 0.0436 e. The van der Waals surface area contributed by atoms with E-state index in [4.69, 9.17) is 5.73 Å². The molecule has 2 nitrogen and oxygen atoms in total. The normalized spacial score (nSPS) is 13.8. The van der Waals surface area contributed by atoms with Gasteiger partial charge in [-0.25, -0.2) is 0 Å². The third-order valence-corrected chi connectivity index (χ3v) is 3.47. The van der Waals surface area contributed by atoms with E-state index in [0.717, 1.165) is 24.3 Å². The molecule has 2 N–H and O–H groups in total. The molecular formula is C15H16N2. The van der Waals surface area contributed by atoms with Gasteiger partial charge in [-0.1, -0.05) is 30.3 Å². The molecule has 0 aromatic heterocycles. The number of rotatable bonds is 1. The van der Waals surface area contributed by atoms with Crippen LogP contribution < -0.4 is 10.6 Å². The van der Waals surface area contributed by atoms with Crippen molar-refractivity contribution >= 4 is 11.4 Å². The van der Waals surface area contributed by atoms with Gasteiger partial charge in [0.05, 0.1) is 0 Å². The first-order valence-corrected chi connectivity index (χ1v) is 5.92.